The molecule has 0 unspecified atom stereocenters. The van der Waals surface area contributed by atoms with E-state index in [1.165, 1.54) is 13.2 Å². The Balaban J connectivity index is 0.00000109. The lowest BCUT2D eigenvalue weighted by Crippen LogP contribution is -2.31. The molecule has 0 spiro atoms. The topological polar surface area (TPSA) is 89.7 Å². The molecule has 1 fully saturated rings. The molecule has 0 aromatic carbocycles. The highest BCUT2D eigenvalue weighted by Gasteiger charge is 2.38. The summed E-state index contributed by atoms with van der Waals surface area (Å²) in [6.45, 7) is 3.37. The molecule has 0 bridgehead atoms. The predicted molar refractivity (Wildman–Crippen MR) is 95.2 cm³/mol. The first-order valence-corrected chi connectivity index (χ1v) is 8.52. The zero-order valence-corrected chi connectivity index (χ0v) is 14.5. The fourth-order valence-corrected chi connectivity index (χ4v) is 3.16. The molecule has 2 aromatic rings. The molecule has 0 aliphatic heterocycles. The third-order valence-corrected chi connectivity index (χ3v) is 4.48. The summed E-state index contributed by atoms with van der Waals surface area (Å²) in [5, 5.41) is 11.0. The molecule has 6 nitrogen and oxygen atoms in total. The molecule has 1 aliphatic carbocycles. The van der Waals surface area contributed by atoms with Gasteiger partial charge in [0.1, 0.15) is 0 Å². The summed E-state index contributed by atoms with van der Waals surface area (Å²) in [6, 6.07) is 2.05. The predicted octanol–water partition coefficient (Wildman–Crippen LogP) is 3.84. The van der Waals surface area contributed by atoms with Gasteiger partial charge in [-0.1, -0.05) is 0 Å². The van der Waals surface area contributed by atoms with Crippen molar-refractivity contribution in [3.8, 4) is 0 Å². The van der Waals surface area contributed by atoms with Gasteiger partial charge in [0.25, 0.3) is 11.8 Å². The number of halogens is 2. The van der Waals surface area contributed by atoms with Gasteiger partial charge < -0.3 is 10.2 Å². The van der Waals surface area contributed by atoms with Gasteiger partial charge in [0.05, 0.1) is 11.1 Å². The van der Waals surface area contributed by atoms with E-state index in [2.05, 4.69) is 44.1 Å². The van der Waals surface area contributed by atoms with E-state index in [4.69, 9.17) is 4.42 Å². The largest absolute Gasteiger partial charge is 0.415 e. The number of aliphatic imine (C=N–C) groups is 2. The summed E-state index contributed by atoms with van der Waals surface area (Å²) in [6.07, 6.45) is 3.10. The van der Waals surface area contributed by atoms with Gasteiger partial charge in [-0.25, -0.2) is 0 Å². The lowest BCUT2D eigenvalue weighted by Gasteiger charge is -2.37. The average Bonchev–Trinajstić information content (AvgIpc) is 3.27. The van der Waals surface area contributed by atoms with Crippen molar-refractivity contribution in [3.05, 3.63) is 40.4 Å². The minimum atomic E-state index is -2.81. The van der Waals surface area contributed by atoms with Crippen molar-refractivity contribution < 1.29 is 13.2 Å². The highest BCUT2D eigenvalue weighted by molar-refractivity contribution is 7.08. The lowest BCUT2D eigenvalue weighted by atomic mass is 9.73. The van der Waals surface area contributed by atoms with E-state index < -0.39 is 12.3 Å². The van der Waals surface area contributed by atoms with Crippen LogP contribution in [0.1, 0.15) is 43.0 Å². The standard InChI is InChI=1S/C15H14F2N4OS.CH5N/c1-18-7-10(13-20-21-14(22-13)12(16)17)8-19-15(4-2-5-15)11-3-6-23-9-11;1-2/h3,6-9,12H,1-2,4-5H2;2H2,1H3/b10-7+,19-8?;. The number of nitrogens with zero attached hydrogens (tertiary/aromatic N) is 4. The Hall–Kier alpha value is -2.26. The Morgan fingerprint density at radius 1 is 1.44 bits per heavy atom. The Labute approximate surface area is 148 Å². The smallest absolute Gasteiger partial charge is 0.314 e. The van der Waals surface area contributed by atoms with Gasteiger partial charge >= 0.3 is 6.43 Å². The number of rotatable bonds is 6. The maximum atomic E-state index is 12.6. The molecular weight excluding hydrogens is 348 g/mol. The molecule has 0 atom stereocenters. The van der Waals surface area contributed by atoms with Crippen LogP contribution in [-0.2, 0) is 5.54 Å². The number of nitrogens with two attached hydrogens (primary N) is 1. The normalized spacial score (nSPS) is 16.4. The Morgan fingerprint density at radius 3 is 2.68 bits per heavy atom. The maximum absolute atomic E-state index is 12.6. The summed E-state index contributed by atoms with van der Waals surface area (Å²) in [7, 11) is 1.50. The van der Waals surface area contributed by atoms with Crippen molar-refractivity contribution in [2.45, 2.75) is 31.2 Å². The van der Waals surface area contributed by atoms with E-state index in [-0.39, 0.29) is 11.4 Å². The summed E-state index contributed by atoms with van der Waals surface area (Å²) in [4.78, 5) is 8.32. The first-order valence-electron chi connectivity index (χ1n) is 7.58. The Bertz CT molecular complexity index is 736. The fourth-order valence-electron chi connectivity index (χ4n) is 2.41. The Morgan fingerprint density at radius 2 is 2.20 bits per heavy atom. The van der Waals surface area contributed by atoms with E-state index in [0.717, 1.165) is 24.8 Å². The molecule has 25 heavy (non-hydrogen) atoms. The molecule has 3 rings (SSSR count). The molecule has 2 heterocycles. The molecule has 0 amide bonds. The van der Waals surface area contributed by atoms with Crippen LogP contribution in [0.4, 0.5) is 8.78 Å². The van der Waals surface area contributed by atoms with Crippen LogP contribution in [0.5, 0.6) is 0 Å². The number of hydrogen-bond acceptors (Lipinski definition) is 7. The van der Waals surface area contributed by atoms with Crippen LogP contribution >= 0.6 is 11.3 Å². The van der Waals surface area contributed by atoms with Crippen molar-refractivity contribution in [1.82, 2.24) is 10.2 Å². The molecule has 134 valence electrons. The minimum absolute atomic E-state index is 0.0451. The third kappa shape index (κ3) is 4.23. The fraction of sp³-hybridized carbons (Fsp3) is 0.375. The van der Waals surface area contributed by atoms with Gasteiger partial charge in [-0.05, 0) is 55.4 Å². The van der Waals surface area contributed by atoms with Gasteiger partial charge in [0, 0.05) is 12.4 Å². The van der Waals surface area contributed by atoms with Gasteiger partial charge in [-0.2, -0.15) is 20.1 Å². The van der Waals surface area contributed by atoms with Crippen LogP contribution < -0.4 is 5.73 Å². The van der Waals surface area contributed by atoms with E-state index in [9.17, 15) is 8.78 Å². The van der Waals surface area contributed by atoms with Crippen LogP contribution in [0.15, 0.2) is 37.4 Å². The second kappa shape index (κ2) is 8.72. The van der Waals surface area contributed by atoms with Crippen LogP contribution in [0, 0.1) is 0 Å². The molecule has 0 radical (unpaired) electrons. The van der Waals surface area contributed by atoms with Gasteiger partial charge in [0.15, 0.2) is 0 Å². The van der Waals surface area contributed by atoms with E-state index in [1.54, 1.807) is 17.6 Å². The molecule has 2 N–H and O–H groups in total. The molecule has 1 aliphatic rings. The second-order valence-corrected chi connectivity index (χ2v) is 5.95. The lowest BCUT2D eigenvalue weighted by molar-refractivity contribution is 0.114. The Kier molecular flexibility index (Phi) is 6.65. The molecule has 2 aromatic heterocycles. The van der Waals surface area contributed by atoms with E-state index in [1.807, 2.05) is 5.38 Å². The molecule has 0 saturated heterocycles. The highest BCUT2D eigenvalue weighted by Crippen LogP contribution is 2.45. The summed E-state index contributed by atoms with van der Waals surface area (Å²) in [5.41, 5.74) is 5.77. The van der Waals surface area contributed by atoms with Crippen LogP contribution in [0.3, 0.4) is 0 Å². The quantitative estimate of drug-likeness (QED) is 0.786. The number of thiophene rings is 1. The van der Waals surface area contributed by atoms with Crippen molar-refractivity contribution in [2.24, 2.45) is 15.7 Å². The number of allylic oxidation sites excluding steroid dienone is 1. The molecule has 1 saturated carbocycles. The SMILES string of the molecule is C=N/C=C(\C=NC1(c2ccsc2)CCC1)c1nnc(C(F)F)o1.CN. The van der Waals surface area contributed by atoms with Gasteiger partial charge in [0.2, 0.25) is 0 Å². The number of aromatic nitrogens is 2. The van der Waals surface area contributed by atoms with Crippen molar-refractivity contribution in [1.29, 1.82) is 0 Å². The minimum Gasteiger partial charge on any atom is -0.415 e. The maximum Gasteiger partial charge on any atom is 0.314 e. The summed E-state index contributed by atoms with van der Waals surface area (Å²) >= 11 is 1.62. The van der Waals surface area contributed by atoms with E-state index in [0.29, 0.717) is 5.57 Å². The van der Waals surface area contributed by atoms with Gasteiger partial charge in [-0.3, -0.25) is 9.98 Å². The first kappa shape index (κ1) is 19.1. The zero-order valence-electron chi connectivity index (χ0n) is 13.7. The van der Waals surface area contributed by atoms with Crippen LogP contribution in [0.2, 0.25) is 0 Å². The summed E-state index contributed by atoms with van der Waals surface area (Å²) < 4.78 is 30.1. The molecule has 9 heteroatoms. The first-order chi connectivity index (χ1) is 12.1. The second-order valence-electron chi connectivity index (χ2n) is 5.17. The average molecular weight is 367 g/mol. The summed E-state index contributed by atoms with van der Waals surface area (Å²) in [5.74, 6) is -0.768. The zero-order chi connectivity index (χ0) is 18.3. The van der Waals surface area contributed by atoms with Crippen molar-refractivity contribution in [3.63, 3.8) is 0 Å². The van der Waals surface area contributed by atoms with Crippen LogP contribution in [-0.4, -0.2) is 30.2 Å². The third-order valence-electron chi connectivity index (χ3n) is 3.79. The van der Waals surface area contributed by atoms with Crippen molar-refractivity contribution in [2.75, 3.05) is 7.05 Å². The number of alkyl halides is 2. The number of hydrogen-bond donors (Lipinski definition) is 1. The van der Waals surface area contributed by atoms with Crippen molar-refractivity contribution >= 4 is 29.8 Å². The van der Waals surface area contributed by atoms with Crippen LogP contribution in [0.25, 0.3) is 5.57 Å². The van der Waals surface area contributed by atoms with E-state index >= 15 is 0 Å². The highest BCUT2D eigenvalue weighted by atomic mass is 32.1. The molecular formula is C16H19F2N5OS. The monoisotopic (exact) mass is 367 g/mol. The van der Waals surface area contributed by atoms with Gasteiger partial charge in [-0.15, -0.1) is 10.2 Å².